The van der Waals surface area contributed by atoms with E-state index in [0.29, 0.717) is 13.2 Å². The molecule has 5 heteroatoms. The number of H-pyrrole nitrogens is 1. The summed E-state index contributed by atoms with van der Waals surface area (Å²) in [6.07, 6.45) is 3.56. The second-order valence-electron chi connectivity index (χ2n) is 4.27. The average Bonchev–Trinajstić information content (AvgIpc) is 2.97. The summed E-state index contributed by atoms with van der Waals surface area (Å²) in [6.45, 7) is 5.15. The number of ether oxygens (including phenoxy) is 2. The Kier molecular flexibility index (Phi) is 5.01. The molecule has 0 fully saturated rings. The Labute approximate surface area is 119 Å². The van der Waals surface area contributed by atoms with Gasteiger partial charge in [0.1, 0.15) is 5.82 Å². The molecule has 0 radical (unpaired) electrons. The van der Waals surface area contributed by atoms with Gasteiger partial charge in [-0.15, -0.1) is 0 Å². The first-order valence-corrected chi connectivity index (χ1v) is 6.86. The molecule has 0 spiro atoms. The first-order valence-electron chi connectivity index (χ1n) is 6.86. The molecule has 0 aliphatic carbocycles. The molecule has 0 aliphatic rings. The molecule has 0 amide bonds. The Bertz CT molecular complexity index is 526. The SMILES string of the molecule is CCOc1ccc(C(NC)c2ncc[nH]2)cc1OCC. The van der Waals surface area contributed by atoms with Crippen LogP contribution in [0.2, 0.25) is 0 Å². The van der Waals surface area contributed by atoms with Crippen molar-refractivity contribution in [3.8, 4) is 11.5 Å². The third-order valence-electron chi connectivity index (χ3n) is 2.98. The summed E-state index contributed by atoms with van der Waals surface area (Å²) in [5, 5.41) is 3.25. The molecule has 20 heavy (non-hydrogen) atoms. The first kappa shape index (κ1) is 14.4. The molecule has 2 aromatic rings. The van der Waals surface area contributed by atoms with Crippen LogP contribution in [0.5, 0.6) is 11.5 Å². The number of rotatable bonds is 7. The molecule has 0 saturated carbocycles. The minimum atomic E-state index is -0.000109. The summed E-state index contributed by atoms with van der Waals surface area (Å²) in [6, 6.07) is 5.96. The fourth-order valence-electron chi connectivity index (χ4n) is 2.14. The normalized spacial score (nSPS) is 12.2. The maximum atomic E-state index is 5.66. The largest absolute Gasteiger partial charge is 0.490 e. The van der Waals surface area contributed by atoms with Gasteiger partial charge in [0.2, 0.25) is 0 Å². The highest BCUT2D eigenvalue weighted by molar-refractivity contribution is 5.45. The van der Waals surface area contributed by atoms with Crippen LogP contribution in [0.25, 0.3) is 0 Å². The van der Waals surface area contributed by atoms with E-state index in [1.165, 1.54) is 0 Å². The number of benzene rings is 1. The molecular formula is C15H21N3O2. The highest BCUT2D eigenvalue weighted by Gasteiger charge is 2.16. The van der Waals surface area contributed by atoms with E-state index in [9.17, 15) is 0 Å². The lowest BCUT2D eigenvalue weighted by molar-refractivity contribution is 0.287. The van der Waals surface area contributed by atoms with Gasteiger partial charge < -0.3 is 19.8 Å². The molecular weight excluding hydrogens is 254 g/mol. The van der Waals surface area contributed by atoms with E-state index < -0.39 is 0 Å². The summed E-state index contributed by atoms with van der Waals surface area (Å²) in [5.74, 6) is 2.41. The fraction of sp³-hybridized carbons (Fsp3) is 0.400. The van der Waals surface area contributed by atoms with E-state index in [1.54, 1.807) is 6.20 Å². The summed E-state index contributed by atoms with van der Waals surface area (Å²) in [4.78, 5) is 7.44. The second-order valence-corrected chi connectivity index (χ2v) is 4.27. The monoisotopic (exact) mass is 275 g/mol. The maximum absolute atomic E-state index is 5.66. The minimum absolute atomic E-state index is 0.000109. The molecule has 0 saturated heterocycles. The summed E-state index contributed by atoms with van der Waals surface area (Å²) in [7, 11) is 1.91. The van der Waals surface area contributed by atoms with Gasteiger partial charge >= 0.3 is 0 Å². The third kappa shape index (κ3) is 3.11. The second kappa shape index (κ2) is 6.96. The minimum Gasteiger partial charge on any atom is -0.490 e. The van der Waals surface area contributed by atoms with Crippen LogP contribution in [0.4, 0.5) is 0 Å². The summed E-state index contributed by atoms with van der Waals surface area (Å²) < 4.78 is 11.2. The van der Waals surface area contributed by atoms with Crippen LogP contribution in [0.3, 0.4) is 0 Å². The van der Waals surface area contributed by atoms with Crippen LogP contribution in [0.1, 0.15) is 31.3 Å². The zero-order valence-corrected chi connectivity index (χ0v) is 12.1. The first-order chi connectivity index (χ1) is 9.80. The molecule has 0 bridgehead atoms. The maximum Gasteiger partial charge on any atom is 0.161 e. The van der Waals surface area contributed by atoms with E-state index >= 15 is 0 Å². The van der Waals surface area contributed by atoms with Crippen molar-refractivity contribution in [2.75, 3.05) is 20.3 Å². The van der Waals surface area contributed by atoms with Crippen LogP contribution in [-0.2, 0) is 0 Å². The number of imidazole rings is 1. The van der Waals surface area contributed by atoms with E-state index in [4.69, 9.17) is 9.47 Å². The van der Waals surface area contributed by atoms with Crippen LogP contribution in [0, 0.1) is 0 Å². The van der Waals surface area contributed by atoms with Gasteiger partial charge in [0.25, 0.3) is 0 Å². The predicted octanol–water partition coefficient (Wildman–Crippen LogP) is 2.52. The Morgan fingerprint density at radius 3 is 2.55 bits per heavy atom. The lowest BCUT2D eigenvalue weighted by Crippen LogP contribution is -2.19. The zero-order chi connectivity index (χ0) is 14.4. The molecule has 2 N–H and O–H groups in total. The highest BCUT2D eigenvalue weighted by atomic mass is 16.5. The zero-order valence-electron chi connectivity index (χ0n) is 12.1. The average molecular weight is 275 g/mol. The van der Waals surface area contributed by atoms with E-state index in [2.05, 4.69) is 15.3 Å². The van der Waals surface area contributed by atoms with Crippen molar-refractivity contribution in [3.63, 3.8) is 0 Å². The van der Waals surface area contributed by atoms with Gasteiger partial charge in [-0.2, -0.15) is 0 Å². The van der Waals surface area contributed by atoms with Gasteiger partial charge in [0.15, 0.2) is 11.5 Å². The number of aromatic amines is 1. The quantitative estimate of drug-likeness (QED) is 0.815. The van der Waals surface area contributed by atoms with Gasteiger partial charge in [-0.1, -0.05) is 6.07 Å². The van der Waals surface area contributed by atoms with Crippen molar-refractivity contribution < 1.29 is 9.47 Å². The van der Waals surface area contributed by atoms with E-state index in [-0.39, 0.29) is 6.04 Å². The number of nitrogens with zero attached hydrogens (tertiary/aromatic N) is 1. The Morgan fingerprint density at radius 2 is 1.95 bits per heavy atom. The molecule has 1 heterocycles. The summed E-state index contributed by atoms with van der Waals surface area (Å²) >= 11 is 0. The predicted molar refractivity (Wildman–Crippen MR) is 78.3 cm³/mol. The third-order valence-corrected chi connectivity index (χ3v) is 2.98. The lowest BCUT2D eigenvalue weighted by atomic mass is 10.1. The highest BCUT2D eigenvalue weighted by Crippen LogP contribution is 2.31. The number of aromatic nitrogens is 2. The number of hydrogen-bond donors (Lipinski definition) is 2. The van der Waals surface area contributed by atoms with Crippen LogP contribution < -0.4 is 14.8 Å². The lowest BCUT2D eigenvalue weighted by Gasteiger charge is -2.17. The van der Waals surface area contributed by atoms with Crippen molar-refractivity contribution in [3.05, 3.63) is 42.0 Å². The van der Waals surface area contributed by atoms with Crippen molar-refractivity contribution in [2.45, 2.75) is 19.9 Å². The fourth-order valence-corrected chi connectivity index (χ4v) is 2.14. The summed E-state index contributed by atoms with van der Waals surface area (Å²) in [5.41, 5.74) is 1.08. The smallest absolute Gasteiger partial charge is 0.161 e. The molecule has 108 valence electrons. The van der Waals surface area contributed by atoms with E-state index in [0.717, 1.165) is 22.9 Å². The van der Waals surface area contributed by atoms with Crippen molar-refractivity contribution in [1.29, 1.82) is 0 Å². The van der Waals surface area contributed by atoms with Gasteiger partial charge in [0.05, 0.1) is 19.3 Å². The molecule has 1 aromatic carbocycles. The van der Waals surface area contributed by atoms with Gasteiger partial charge in [-0.25, -0.2) is 4.98 Å². The molecule has 1 unspecified atom stereocenters. The Morgan fingerprint density at radius 1 is 1.20 bits per heavy atom. The molecule has 2 rings (SSSR count). The number of hydrogen-bond acceptors (Lipinski definition) is 4. The molecule has 1 atom stereocenters. The topological polar surface area (TPSA) is 59.2 Å². The van der Waals surface area contributed by atoms with Gasteiger partial charge in [-0.05, 0) is 38.6 Å². The van der Waals surface area contributed by atoms with Crippen molar-refractivity contribution >= 4 is 0 Å². The molecule has 5 nitrogen and oxygen atoms in total. The van der Waals surface area contributed by atoms with Crippen molar-refractivity contribution in [2.24, 2.45) is 0 Å². The van der Waals surface area contributed by atoms with Crippen LogP contribution in [-0.4, -0.2) is 30.2 Å². The van der Waals surface area contributed by atoms with Gasteiger partial charge in [-0.3, -0.25) is 0 Å². The van der Waals surface area contributed by atoms with Crippen LogP contribution >= 0.6 is 0 Å². The standard InChI is InChI=1S/C15H21N3O2/c1-4-19-12-7-6-11(10-13(12)20-5-2)14(16-3)15-17-8-9-18-15/h6-10,14,16H,4-5H2,1-3H3,(H,17,18). The molecule has 1 aromatic heterocycles. The Hall–Kier alpha value is -2.01. The van der Waals surface area contributed by atoms with Crippen LogP contribution in [0.15, 0.2) is 30.6 Å². The number of nitrogens with one attached hydrogen (secondary N) is 2. The van der Waals surface area contributed by atoms with E-state index in [1.807, 2.05) is 45.3 Å². The van der Waals surface area contributed by atoms with Gasteiger partial charge in [0, 0.05) is 12.4 Å². The van der Waals surface area contributed by atoms with Crippen molar-refractivity contribution in [1.82, 2.24) is 15.3 Å². The molecule has 0 aliphatic heterocycles. The Balaban J connectivity index is 2.33.